The van der Waals surface area contributed by atoms with Gasteiger partial charge in [-0.3, -0.25) is 0 Å². The molecule has 1 N–H and O–H groups in total. The number of nitrogens with zero attached hydrogens (tertiary/aromatic N) is 1. The number of carbonyl (C=O) groups is 1. The number of hydrogen-bond acceptors (Lipinski definition) is 2. The van der Waals surface area contributed by atoms with E-state index in [0.717, 1.165) is 31.4 Å². The Hall–Kier alpha value is -1.62. The summed E-state index contributed by atoms with van der Waals surface area (Å²) in [7, 11) is 1.64. The minimum absolute atomic E-state index is 0.0203. The summed E-state index contributed by atoms with van der Waals surface area (Å²) in [6.45, 7) is 1.95. The van der Waals surface area contributed by atoms with Crippen molar-refractivity contribution in [3.8, 4) is 0 Å². The van der Waals surface area contributed by atoms with Gasteiger partial charge in [-0.25, -0.2) is 9.18 Å². The number of likely N-dealkylation sites (tertiary alicyclic amines) is 1. The average Bonchev–Trinajstić information content (AvgIpc) is 2.93. The van der Waals surface area contributed by atoms with E-state index in [4.69, 9.17) is 4.74 Å². The van der Waals surface area contributed by atoms with Crippen molar-refractivity contribution < 1.29 is 13.9 Å². The van der Waals surface area contributed by atoms with E-state index >= 15 is 0 Å². The number of amides is 2. The molecule has 0 radical (unpaired) electrons. The molecule has 1 aromatic carbocycles. The minimum atomic E-state index is -0.255. The first-order valence-electron chi connectivity index (χ1n) is 7.01. The summed E-state index contributed by atoms with van der Waals surface area (Å²) >= 11 is 0. The number of carbonyl (C=O) groups excluding carboxylic acids is 1. The fraction of sp³-hybridized carbons (Fsp3) is 0.533. The number of ether oxygens (including phenoxy) is 1. The Morgan fingerprint density at radius 3 is 3.15 bits per heavy atom. The Morgan fingerprint density at radius 2 is 2.40 bits per heavy atom. The number of methoxy groups -OCH3 is 1. The van der Waals surface area contributed by atoms with Gasteiger partial charge in [0.15, 0.2) is 0 Å². The molecule has 5 heteroatoms. The molecule has 1 aliphatic heterocycles. The molecule has 1 saturated heterocycles. The molecular weight excluding hydrogens is 259 g/mol. The standard InChI is InChI=1S/C15H21FN2O2/c1-20-10-4-8-17-15(19)18-9-3-7-14(18)12-5-2-6-13(16)11-12/h2,5-6,11,14H,3-4,7-10H2,1H3,(H,17,19)/t14-/m1/s1. The quantitative estimate of drug-likeness (QED) is 0.843. The van der Waals surface area contributed by atoms with Crippen molar-refractivity contribution in [3.63, 3.8) is 0 Å². The van der Waals surface area contributed by atoms with E-state index < -0.39 is 0 Å². The molecular formula is C15H21FN2O2. The van der Waals surface area contributed by atoms with E-state index in [1.54, 1.807) is 18.1 Å². The number of urea groups is 1. The van der Waals surface area contributed by atoms with Crippen molar-refractivity contribution in [2.24, 2.45) is 0 Å². The topological polar surface area (TPSA) is 41.6 Å². The fourth-order valence-electron chi connectivity index (χ4n) is 2.58. The van der Waals surface area contributed by atoms with Crippen molar-refractivity contribution in [2.45, 2.75) is 25.3 Å². The molecule has 20 heavy (non-hydrogen) atoms. The van der Waals surface area contributed by atoms with Gasteiger partial charge < -0.3 is 15.0 Å². The molecule has 0 bridgehead atoms. The van der Waals surface area contributed by atoms with E-state index in [1.165, 1.54) is 12.1 Å². The lowest BCUT2D eigenvalue weighted by Crippen LogP contribution is -2.40. The van der Waals surface area contributed by atoms with E-state index in [2.05, 4.69) is 5.32 Å². The largest absolute Gasteiger partial charge is 0.385 e. The molecule has 2 amide bonds. The lowest BCUT2D eigenvalue weighted by molar-refractivity contribution is 0.182. The molecule has 0 saturated carbocycles. The van der Waals surface area contributed by atoms with Crippen LogP contribution in [0.2, 0.25) is 0 Å². The van der Waals surface area contributed by atoms with Gasteiger partial charge in [-0.15, -0.1) is 0 Å². The van der Waals surface area contributed by atoms with Crippen LogP contribution < -0.4 is 5.32 Å². The molecule has 110 valence electrons. The third kappa shape index (κ3) is 3.70. The van der Waals surface area contributed by atoms with Crippen LogP contribution in [0.5, 0.6) is 0 Å². The lowest BCUT2D eigenvalue weighted by atomic mass is 10.0. The van der Waals surface area contributed by atoms with Gasteiger partial charge in [0.05, 0.1) is 6.04 Å². The summed E-state index contributed by atoms with van der Waals surface area (Å²) in [5.74, 6) is -0.255. The second-order valence-electron chi connectivity index (χ2n) is 4.98. The molecule has 2 rings (SSSR count). The highest BCUT2D eigenvalue weighted by molar-refractivity contribution is 5.75. The van der Waals surface area contributed by atoms with E-state index in [-0.39, 0.29) is 17.9 Å². The van der Waals surface area contributed by atoms with Crippen LogP contribution >= 0.6 is 0 Å². The normalized spacial score (nSPS) is 18.3. The van der Waals surface area contributed by atoms with E-state index in [0.29, 0.717) is 13.2 Å². The zero-order chi connectivity index (χ0) is 14.4. The number of nitrogens with one attached hydrogen (secondary N) is 1. The molecule has 1 atom stereocenters. The van der Waals surface area contributed by atoms with Gasteiger partial charge in [-0.2, -0.15) is 0 Å². The Balaban J connectivity index is 1.95. The first-order valence-corrected chi connectivity index (χ1v) is 7.01. The summed E-state index contributed by atoms with van der Waals surface area (Å²) in [6.07, 6.45) is 2.63. The molecule has 1 heterocycles. The van der Waals surface area contributed by atoms with Crippen molar-refractivity contribution in [1.29, 1.82) is 0 Å². The summed E-state index contributed by atoms with van der Waals surface area (Å²) in [6, 6.07) is 6.41. The number of halogens is 1. The molecule has 0 spiro atoms. The SMILES string of the molecule is COCCCNC(=O)N1CCC[C@@H]1c1cccc(F)c1. The maximum absolute atomic E-state index is 13.3. The van der Waals surface area contributed by atoms with Crippen LogP contribution in [-0.2, 0) is 4.74 Å². The van der Waals surface area contributed by atoms with Gasteiger partial charge in [-0.1, -0.05) is 12.1 Å². The molecule has 1 fully saturated rings. The number of rotatable bonds is 5. The molecule has 1 aliphatic rings. The van der Waals surface area contributed by atoms with Gasteiger partial charge in [0.2, 0.25) is 0 Å². The zero-order valence-corrected chi connectivity index (χ0v) is 11.8. The van der Waals surface area contributed by atoms with Gasteiger partial charge in [0.25, 0.3) is 0 Å². The lowest BCUT2D eigenvalue weighted by Gasteiger charge is -2.25. The molecule has 4 nitrogen and oxygen atoms in total. The van der Waals surface area contributed by atoms with Crippen LogP contribution in [-0.4, -0.2) is 37.7 Å². The fourth-order valence-corrected chi connectivity index (χ4v) is 2.58. The maximum atomic E-state index is 13.3. The van der Waals surface area contributed by atoms with Gasteiger partial charge >= 0.3 is 6.03 Å². The highest BCUT2D eigenvalue weighted by Crippen LogP contribution is 2.31. The number of hydrogen-bond donors (Lipinski definition) is 1. The van der Waals surface area contributed by atoms with Gasteiger partial charge in [-0.05, 0) is 37.0 Å². The van der Waals surface area contributed by atoms with Gasteiger partial charge in [0, 0.05) is 26.8 Å². The van der Waals surface area contributed by atoms with Crippen LogP contribution in [0.15, 0.2) is 24.3 Å². The van der Waals surface area contributed by atoms with Crippen LogP contribution in [0.25, 0.3) is 0 Å². The zero-order valence-electron chi connectivity index (χ0n) is 11.8. The molecule has 0 aromatic heterocycles. The first-order chi connectivity index (χ1) is 9.72. The molecule has 0 aliphatic carbocycles. The van der Waals surface area contributed by atoms with E-state index in [9.17, 15) is 9.18 Å². The Morgan fingerprint density at radius 1 is 1.55 bits per heavy atom. The molecule has 0 unspecified atom stereocenters. The van der Waals surface area contributed by atoms with Crippen molar-refractivity contribution in [1.82, 2.24) is 10.2 Å². The monoisotopic (exact) mass is 280 g/mol. The van der Waals surface area contributed by atoms with Crippen LogP contribution in [0.4, 0.5) is 9.18 Å². The maximum Gasteiger partial charge on any atom is 0.317 e. The Labute approximate surface area is 118 Å². The van der Waals surface area contributed by atoms with Crippen molar-refractivity contribution in [3.05, 3.63) is 35.6 Å². The summed E-state index contributed by atoms with van der Waals surface area (Å²) in [5, 5.41) is 2.89. The smallest absolute Gasteiger partial charge is 0.317 e. The second kappa shape index (κ2) is 7.24. The predicted molar refractivity (Wildman–Crippen MR) is 75.0 cm³/mol. The van der Waals surface area contributed by atoms with Crippen molar-refractivity contribution >= 4 is 6.03 Å². The van der Waals surface area contributed by atoms with E-state index in [1.807, 2.05) is 6.07 Å². The predicted octanol–water partition coefficient (Wildman–Crippen LogP) is 2.71. The Bertz CT molecular complexity index is 453. The third-order valence-corrected chi connectivity index (χ3v) is 3.55. The Kier molecular flexibility index (Phi) is 5.35. The average molecular weight is 280 g/mol. The summed E-state index contributed by atoms with van der Waals surface area (Å²) < 4.78 is 18.2. The molecule has 1 aromatic rings. The highest BCUT2D eigenvalue weighted by Gasteiger charge is 2.29. The van der Waals surface area contributed by atoms with Crippen molar-refractivity contribution in [2.75, 3.05) is 26.8 Å². The number of benzene rings is 1. The second-order valence-corrected chi connectivity index (χ2v) is 4.98. The highest BCUT2D eigenvalue weighted by atomic mass is 19.1. The van der Waals surface area contributed by atoms with Crippen LogP contribution in [0, 0.1) is 5.82 Å². The van der Waals surface area contributed by atoms with Crippen LogP contribution in [0.1, 0.15) is 30.9 Å². The third-order valence-electron chi connectivity index (χ3n) is 3.55. The van der Waals surface area contributed by atoms with Gasteiger partial charge in [0.1, 0.15) is 5.82 Å². The summed E-state index contributed by atoms with van der Waals surface area (Å²) in [5.41, 5.74) is 0.870. The minimum Gasteiger partial charge on any atom is -0.385 e. The first kappa shape index (κ1) is 14.8. The van der Waals surface area contributed by atoms with Crippen LogP contribution in [0.3, 0.4) is 0 Å². The summed E-state index contributed by atoms with van der Waals surface area (Å²) in [4.78, 5) is 14.0.